The second kappa shape index (κ2) is 8.69. The topological polar surface area (TPSA) is 128 Å². The van der Waals surface area contributed by atoms with Crippen molar-refractivity contribution in [3.63, 3.8) is 0 Å². The standard InChI is InChI=1S/C19H20N6O4S/c26-19(22-15-5-7-16(8-6-15)25-13-20-23-24-25)14-3-9-18(10-4-14)30(27,28)21-12-17-2-1-11-29-17/h3-10,13,17,21H,1-2,11-12H2,(H,22,26)/t17-/m1/s1. The van der Waals surface area contributed by atoms with Gasteiger partial charge >= 0.3 is 0 Å². The number of carbonyl (C=O) groups is 1. The van der Waals surface area contributed by atoms with E-state index in [4.69, 9.17) is 4.74 Å². The molecule has 1 amide bonds. The number of benzene rings is 2. The first-order valence-corrected chi connectivity index (χ1v) is 10.9. The van der Waals surface area contributed by atoms with Gasteiger partial charge in [-0.3, -0.25) is 4.79 Å². The molecule has 0 saturated carbocycles. The van der Waals surface area contributed by atoms with Crippen molar-refractivity contribution in [1.82, 2.24) is 24.9 Å². The van der Waals surface area contributed by atoms with E-state index in [1.54, 1.807) is 24.3 Å². The van der Waals surface area contributed by atoms with E-state index in [9.17, 15) is 13.2 Å². The van der Waals surface area contributed by atoms with Crippen LogP contribution in [0.5, 0.6) is 0 Å². The van der Waals surface area contributed by atoms with Gasteiger partial charge in [0.05, 0.1) is 16.7 Å². The van der Waals surface area contributed by atoms with Crippen molar-refractivity contribution in [2.24, 2.45) is 0 Å². The number of nitrogens with one attached hydrogen (secondary N) is 2. The number of ether oxygens (including phenoxy) is 1. The summed E-state index contributed by atoms with van der Waals surface area (Å²) in [4.78, 5) is 12.6. The Balaban J connectivity index is 1.37. The third-order valence-corrected chi connectivity index (χ3v) is 6.13. The fourth-order valence-corrected chi connectivity index (χ4v) is 4.12. The van der Waals surface area contributed by atoms with Crippen LogP contribution < -0.4 is 10.0 Å². The van der Waals surface area contributed by atoms with Crippen molar-refractivity contribution in [2.45, 2.75) is 23.8 Å². The van der Waals surface area contributed by atoms with Crippen molar-refractivity contribution in [3.8, 4) is 5.69 Å². The predicted octanol–water partition coefficient (Wildman–Crippen LogP) is 1.37. The van der Waals surface area contributed by atoms with Crippen LogP contribution in [0.3, 0.4) is 0 Å². The van der Waals surface area contributed by atoms with E-state index in [-0.39, 0.29) is 23.5 Å². The van der Waals surface area contributed by atoms with E-state index in [2.05, 4.69) is 25.6 Å². The molecule has 4 rings (SSSR count). The molecule has 1 fully saturated rings. The van der Waals surface area contributed by atoms with Crippen LogP contribution in [-0.4, -0.2) is 53.8 Å². The largest absolute Gasteiger partial charge is 0.377 e. The van der Waals surface area contributed by atoms with Gasteiger partial charge < -0.3 is 10.1 Å². The average molecular weight is 428 g/mol. The van der Waals surface area contributed by atoms with Gasteiger partial charge in [-0.1, -0.05) is 0 Å². The molecule has 2 N–H and O–H groups in total. The SMILES string of the molecule is O=C(Nc1ccc(-n2cnnn2)cc1)c1ccc(S(=O)(=O)NC[C@H]2CCCO2)cc1. The van der Waals surface area contributed by atoms with Crippen molar-refractivity contribution >= 4 is 21.6 Å². The fourth-order valence-electron chi connectivity index (χ4n) is 3.06. The van der Waals surface area contributed by atoms with Crippen LogP contribution in [0, 0.1) is 0 Å². The molecule has 0 radical (unpaired) electrons. The van der Waals surface area contributed by atoms with E-state index < -0.39 is 10.0 Å². The molecule has 1 aliphatic heterocycles. The van der Waals surface area contributed by atoms with Gasteiger partial charge in [0.15, 0.2) is 0 Å². The van der Waals surface area contributed by atoms with Crippen LogP contribution in [0.2, 0.25) is 0 Å². The first-order valence-electron chi connectivity index (χ1n) is 9.37. The Morgan fingerprint density at radius 1 is 1.13 bits per heavy atom. The third kappa shape index (κ3) is 4.70. The van der Waals surface area contributed by atoms with Crippen molar-refractivity contribution in [2.75, 3.05) is 18.5 Å². The molecule has 30 heavy (non-hydrogen) atoms. The molecular weight excluding hydrogens is 408 g/mol. The minimum atomic E-state index is -3.66. The molecule has 2 aromatic carbocycles. The van der Waals surface area contributed by atoms with Crippen molar-refractivity contribution < 1.29 is 17.9 Å². The molecule has 1 saturated heterocycles. The summed E-state index contributed by atoms with van der Waals surface area (Å²) in [6.45, 7) is 0.905. The van der Waals surface area contributed by atoms with Crippen LogP contribution in [0.25, 0.3) is 5.69 Å². The Hall–Kier alpha value is -3.15. The number of hydrogen-bond donors (Lipinski definition) is 2. The van der Waals surface area contributed by atoms with E-state index in [1.807, 2.05) is 0 Å². The highest BCUT2D eigenvalue weighted by Gasteiger charge is 2.20. The maximum atomic E-state index is 12.5. The molecule has 0 unspecified atom stereocenters. The molecule has 10 nitrogen and oxygen atoms in total. The number of nitrogens with zero attached hydrogens (tertiary/aromatic N) is 4. The molecule has 2 heterocycles. The van der Waals surface area contributed by atoms with Gasteiger partial charge in [-0.15, -0.1) is 5.10 Å². The van der Waals surface area contributed by atoms with Gasteiger partial charge in [-0.05, 0) is 71.8 Å². The molecule has 11 heteroatoms. The van der Waals surface area contributed by atoms with Crippen molar-refractivity contribution in [3.05, 3.63) is 60.4 Å². The van der Waals surface area contributed by atoms with Crippen LogP contribution in [0.4, 0.5) is 5.69 Å². The summed E-state index contributed by atoms with van der Waals surface area (Å²) in [6.07, 6.45) is 3.17. The molecule has 3 aromatic rings. The van der Waals surface area contributed by atoms with Gasteiger partial charge in [0.1, 0.15) is 6.33 Å². The van der Waals surface area contributed by atoms with Gasteiger partial charge in [0.25, 0.3) is 5.91 Å². The number of tetrazole rings is 1. The zero-order valence-corrected chi connectivity index (χ0v) is 16.7. The lowest BCUT2D eigenvalue weighted by atomic mass is 10.2. The van der Waals surface area contributed by atoms with Crippen LogP contribution in [0.15, 0.2) is 59.8 Å². The molecule has 1 aromatic heterocycles. The summed E-state index contributed by atoms with van der Waals surface area (Å²) in [5, 5.41) is 13.7. The summed E-state index contributed by atoms with van der Waals surface area (Å²) in [6, 6.07) is 12.8. The highest BCUT2D eigenvalue weighted by molar-refractivity contribution is 7.89. The lowest BCUT2D eigenvalue weighted by molar-refractivity contribution is 0.102. The minimum Gasteiger partial charge on any atom is -0.377 e. The van der Waals surface area contributed by atoms with Crippen LogP contribution >= 0.6 is 0 Å². The Morgan fingerprint density at radius 3 is 2.53 bits per heavy atom. The Labute approximate surface area is 173 Å². The summed E-state index contributed by atoms with van der Waals surface area (Å²) >= 11 is 0. The Bertz CT molecular complexity index is 1090. The number of sulfonamides is 1. The molecule has 1 atom stereocenters. The first kappa shape index (κ1) is 20.1. The lowest BCUT2D eigenvalue weighted by Gasteiger charge is -2.12. The monoisotopic (exact) mass is 428 g/mol. The van der Waals surface area contributed by atoms with E-state index in [0.29, 0.717) is 17.9 Å². The maximum Gasteiger partial charge on any atom is 0.255 e. The normalized spacial score (nSPS) is 16.5. The Kier molecular flexibility index (Phi) is 5.84. The number of anilines is 1. The number of rotatable bonds is 7. The number of hydrogen-bond acceptors (Lipinski definition) is 7. The van der Waals surface area contributed by atoms with Crippen LogP contribution in [-0.2, 0) is 14.8 Å². The summed E-state index contributed by atoms with van der Waals surface area (Å²) in [5.74, 6) is -0.346. The van der Waals surface area contributed by atoms with E-state index in [1.165, 1.54) is 35.3 Å². The lowest BCUT2D eigenvalue weighted by Crippen LogP contribution is -2.31. The smallest absolute Gasteiger partial charge is 0.255 e. The predicted molar refractivity (Wildman–Crippen MR) is 108 cm³/mol. The summed E-state index contributed by atoms with van der Waals surface area (Å²) in [7, 11) is -3.66. The zero-order valence-electron chi connectivity index (χ0n) is 15.9. The molecule has 0 bridgehead atoms. The first-order chi connectivity index (χ1) is 14.5. The number of amides is 1. The van der Waals surface area contributed by atoms with Gasteiger partial charge in [0.2, 0.25) is 10.0 Å². The molecule has 1 aliphatic rings. The second-order valence-corrected chi connectivity index (χ2v) is 8.53. The minimum absolute atomic E-state index is 0.0861. The quantitative estimate of drug-likeness (QED) is 0.582. The Morgan fingerprint density at radius 2 is 1.90 bits per heavy atom. The molecule has 156 valence electrons. The van der Waals surface area contributed by atoms with Gasteiger partial charge in [-0.2, -0.15) is 0 Å². The van der Waals surface area contributed by atoms with Crippen LogP contribution in [0.1, 0.15) is 23.2 Å². The highest BCUT2D eigenvalue weighted by Crippen LogP contribution is 2.16. The third-order valence-electron chi connectivity index (χ3n) is 4.69. The molecular formula is C19H20N6O4S. The number of carbonyl (C=O) groups excluding carboxylic acids is 1. The zero-order chi connectivity index (χ0) is 21.0. The van der Waals surface area contributed by atoms with Gasteiger partial charge in [-0.25, -0.2) is 17.8 Å². The second-order valence-electron chi connectivity index (χ2n) is 6.77. The average Bonchev–Trinajstić information content (AvgIpc) is 3.47. The van der Waals surface area contributed by atoms with Gasteiger partial charge in [0, 0.05) is 24.4 Å². The maximum absolute atomic E-state index is 12.5. The highest BCUT2D eigenvalue weighted by atomic mass is 32.2. The molecule has 0 spiro atoms. The fraction of sp³-hybridized carbons (Fsp3) is 0.263. The summed E-state index contributed by atoms with van der Waals surface area (Å²) in [5.41, 5.74) is 1.69. The van der Waals surface area contributed by atoms with E-state index >= 15 is 0 Å². The number of aromatic nitrogens is 4. The van der Waals surface area contributed by atoms with E-state index in [0.717, 1.165) is 18.5 Å². The molecule has 0 aliphatic carbocycles. The van der Waals surface area contributed by atoms with Crippen molar-refractivity contribution in [1.29, 1.82) is 0 Å². The summed E-state index contributed by atoms with van der Waals surface area (Å²) < 4.78 is 34.3.